The highest BCUT2D eigenvalue weighted by Crippen LogP contribution is 2.35. The van der Waals surface area contributed by atoms with Gasteiger partial charge in [0.25, 0.3) is 0 Å². The van der Waals surface area contributed by atoms with E-state index in [-0.39, 0.29) is 0 Å². The molecule has 0 aromatic heterocycles. The summed E-state index contributed by atoms with van der Waals surface area (Å²) in [4.78, 5) is 0. The van der Waals surface area contributed by atoms with Gasteiger partial charge in [-0.1, -0.05) is 50.5 Å². The number of rotatable bonds is 5. The summed E-state index contributed by atoms with van der Waals surface area (Å²) in [5, 5.41) is 3.75. The molecule has 2 rings (SSSR count). The molecule has 1 aromatic rings. The molecule has 1 heteroatoms. The zero-order valence-corrected chi connectivity index (χ0v) is 13.0. The molecule has 3 unspecified atom stereocenters. The van der Waals surface area contributed by atoms with Crippen LogP contribution in [0.25, 0.3) is 0 Å². The van der Waals surface area contributed by atoms with Gasteiger partial charge >= 0.3 is 0 Å². The minimum atomic E-state index is 0.656. The van der Waals surface area contributed by atoms with Gasteiger partial charge in [-0.05, 0) is 56.2 Å². The van der Waals surface area contributed by atoms with Crippen molar-refractivity contribution in [1.82, 2.24) is 5.32 Å². The van der Waals surface area contributed by atoms with E-state index in [2.05, 4.69) is 51.2 Å². The molecule has 0 radical (unpaired) electrons. The molecule has 0 spiro atoms. The molecular weight excluding hydrogens is 230 g/mol. The average Bonchev–Trinajstić information content (AvgIpc) is 2.79. The average molecular weight is 259 g/mol. The van der Waals surface area contributed by atoms with E-state index in [4.69, 9.17) is 0 Å². The van der Waals surface area contributed by atoms with E-state index in [1.54, 1.807) is 0 Å². The fourth-order valence-corrected chi connectivity index (χ4v) is 3.67. The van der Waals surface area contributed by atoms with Crippen LogP contribution in [-0.2, 0) is 6.42 Å². The summed E-state index contributed by atoms with van der Waals surface area (Å²) in [5.41, 5.74) is 4.36. The quantitative estimate of drug-likeness (QED) is 0.833. The number of hydrogen-bond donors (Lipinski definition) is 1. The van der Waals surface area contributed by atoms with Gasteiger partial charge < -0.3 is 5.32 Å². The van der Waals surface area contributed by atoms with Gasteiger partial charge in [-0.3, -0.25) is 0 Å². The summed E-state index contributed by atoms with van der Waals surface area (Å²) >= 11 is 0. The van der Waals surface area contributed by atoms with Crippen molar-refractivity contribution in [3.63, 3.8) is 0 Å². The maximum absolute atomic E-state index is 3.75. The highest BCUT2D eigenvalue weighted by Gasteiger charge is 2.30. The van der Waals surface area contributed by atoms with Crippen LogP contribution in [0, 0.1) is 25.7 Å². The summed E-state index contributed by atoms with van der Waals surface area (Å²) in [6.07, 6.45) is 5.43. The Bertz CT molecular complexity index is 410. The van der Waals surface area contributed by atoms with Crippen LogP contribution in [0.1, 0.15) is 49.8 Å². The third-order valence-electron chi connectivity index (χ3n) is 4.86. The lowest BCUT2D eigenvalue weighted by Gasteiger charge is -2.28. The lowest BCUT2D eigenvalue weighted by molar-refractivity contribution is 0.298. The Morgan fingerprint density at radius 2 is 2.05 bits per heavy atom. The minimum absolute atomic E-state index is 0.656. The molecule has 1 aliphatic rings. The summed E-state index contributed by atoms with van der Waals surface area (Å²) in [6.45, 7) is 10.2. The van der Waals surface area contributed by atoms with Crippen molar-refractivity contribution in [2.75, 3.05) is 6.54 Å². The molecule has 1 saturated carbocycles. The SMILES string of the molecule is CCNC(Cc1cc(C)ccc1C)C1CCCC1C. The fourth-order valence-electron chi connectivity index (χ4n) is 3.67. The standard InChI is InChI=1S/C18H29N/c1-5-19-18(17-8-6-7-15(17)4)12-16-11-13(2)9-10-14(16)3/h9-11,15,17-19H,5-8,12H2,1-4H3. The predicted octanol–water partition coefficient (Wildman–Crippen LogP) is 4.26. The van der Waals surface area contributed by atoms with E-state index >= 15 is 0 Å². The van der Waals surface area contributed by atoms with Crippen molar-refractivity contribution in [2.45, 2.75) is 59.4 Å². The Hall–Kier alpha value is -0.820. The van der Waals surface area contributed by atoms with Gasteiger partial charge in [0.2, 0.25) is 0 Å². The molecule has 19 heavy (non-hydrogen) atoms. The molecule has 3 atom stereocenters. The van der Waals surface area contributed by atoms with Gasteiger partial charge in [0.15, 0.2) is 0 Å². The Kier molecular flexibility index (Phi) is 5.04. The van der Waals surface area contributed by atoms with Crippen molar-refractivity contribution < 1.29 is 0 Å². The van der Waals surface area contributed by atoms with Crippen LogP contribution >= 0.6 is 0 Å². The van der Waals surface area contributed by atoms with Crippen molar-refractivity contribution in [2.24, 2.45) is 11.8 Å². The van der Waals surface area contributed by atoms with Crippen molar-refractivity contribution in [3.8, 4) is 0 Å². The molecule has 1 N–H and O–H groups in total. The Morgan fingerprint density at radius 3 is 2.68 bits per heavy atom. The minimum Gasteiger partial charge on any atom is -0.314 e. The topological polar surface area (TPSA) is 12.0 Å². The lowest BCUT2D eigenvalue weighted by atomic mass is 9.85. The van der Waals surface area contributed by atoms with E-state index in [1.807, 2.05) is 0 Å². The first kappa shape index (κ1) is 14.6. The van der Waals surface area contributed by atoms with Crippen LogP contribution in [0.4, 0.5) is 0 Å². The zero-order chi connectivity index (χ0) is 13.8. The normalized spacial score (nSPS) is 24.6. The first-order valence-corrected chi connectivity index (χ1v) is 7.91. The second-order valence-electron chi connectivity index (χ2n) is 6.37. The first-order chi connectivity index (χ1) is 9.11. The van der Waals surface area contributed by atoms with Crippen LogP contribution in [0.5, 0.6) is 0 Å². The van der Waals surface area contributed by atoms with Crippen LogP contribution in [-0.4, -0.2) is 12.6 Å². The predicted molar refractivity (Wildman–Crippen MR) is 83.6 cm³/mol. The number of aryl methyl sites for hydroxylation is 2. The van der Waals surface area contributed by atoms with E-state index in [1.165, 1.54) is 42.4 Å². The largest absolute Gasteiger partial charge is 0.314 e. The summed E-state index contributed by atoms with van der Waals surface area (Å²) in [5.74, 6) is 1.74. The van der Waals surface area contributed by atoms with Gasteiger partial charge in [0.1, 0.15) is 0 Å². The molecule has 1 fully saturated rings. The molecule has 0 saturated heterocycles. The Morgan fingerprint density at radius 1 is 1.26 bits per heavy atom. The van der Waals surface area contributed by atoms with E-state index in [9.17, 15) is 0 Å². The number of likely N-dealkylation sites (N-methyl/N-ethyl adjacent to an activating group) is 1. The highest BCUT2D eigenvalue weighted by atomic mass is 14.9. The van der Waals surface area contributed by atoms with Gasteiger partial charge in [-0.2, -0.15) is 0 Å². The van der Waals surface area contributed by atoms with Crippen LogP contribution in [0.3, 0.4) is 0 Å². The van der Waals surface area contributed by atoms with Crippen LogP contribution in [0.2, 0.25) is 0 Å². The number of benzene rings is 1. The molecule has 1 aromatic carbocycles. The second kappa shape index (κ2) is 6.56. The molecule has 1 nitrogen and oxygen atoms in total. The van der Waals surface area contributed by atoms with Crippen molar-refractivity contribution >= 4 is 0 Å². The van der Waals surface area contributed by atoms with Gasteiger partial charge in [0, 0.05) is 6.04 Å². The van der Waals surface area contributed by atoms with Gasteiger partial charge in [-0.25, -0.2) is 0 Å². The smallest absolute Gasteiger partial charge is 0.0138 e. The van der Waals surface area contributed by atoms with Crippen molar-refractivity contribution in [1.29, 1.82) is 0 Å². The zero-order valence-electron chi connectivity index (χ0n) is 13.0. The van der Waals surface area contributed by atoms with Crippen LogP contribution in [0.15, 0.2) is 18.2 Å². The molecule has 0 aliphatic heterocycles. The van der Waals surface area contributed by atoms with E-state index in [0.29, 0.717) is 6.04 Å². The molecule has 1 aliphatic carbocycles. The van der Waals surface area contributed by atoms with E-state index in [0.717, 1.165) is 18.4 Å². The first-order valence-electron chi connectivity index (χ1n) is 7.91. The number of hydrogen-bond acceptors (Lipinski definition) is 1. The number of nitrogens with one attached hydrogen (secondary N) is 1. The Labute approximate surface area is 118 Å². The summed E-state index contributed by atoms with van der Waals surface area (Å²) in [7, 11) is 0. The van der Waals surface area contributed by atoms with Crippen LogP contribution < -0.4 is 5.32 Å². The Balaban J connectivity index is 2.13. The van der Waals surface area contributed by atoms with E-state index < -0.39 is 0 Å². The second-order valence-corrected chi connectivity index (χ2v) is 6.37. The van der Waals surface area contributed by atoms with Gasteiger partial charge in [-0.15, -0.1) is 0 Å². The van der Waals surface area contributed by atoms with Crippen molar-refractivity contribution in [3.05, 3.63) is 34.9 Å². The fraction of sp³-hybridized carbons (Fsp3) is 0.667. The summed E-state index contributed by atoms with van der Waals surface area (Å²) in [6, 6.07) is 7.52. The third-order valence-corrected chi connectivity index (χ3v) is 4.86. The molecule has 0 bridgehead atoms. The molecule has 0 heterocycles. The third kappa shape index (κ3) is 3.60. The maximum atomic E-state index is 3.75. The van der Waals surface area contributed by atoms with Gasteiger partial charge in [0.05, 0.1) is 0 Å². The maximum Gasteiger partial charge on any atom is 0.0138 e. The molecule has 0 amide bonds. The highest BCUT2D eigenvalue weighted by molar-refractivity contribution is 5.31. The molecule has 106 valence electrons. The lowest BCUT2D eigenvalue weighted by Crippen LogP contribution is -2.39. The molecular formula is C18H29N. The summed E-state index contributed by atoms with van der Waals surface area (Å²) < 4.78 is 0. The monoisotopic (exact) mass is 259 g/mol.